The first-order chi connectivity index (χ1) is 12.3. The molecule has 0 aliphatic carbocycles. The second-order valence-electron chi connectivity index (χ2n) is 5.58. The van der Waals surface area contributed by atoms with Crippen LogP contribution >= 0.6 is 23.2 Å². The van der Waals surface area contributed by atoms with Gasteiger partial charge in [-0.15, -0.1) is 0 Å². The van der Waals surface area contributed by atoms with E-state index in [1.165, 1.54) is 23.1 Å². The minimum Gasteiger partial charge on any atom is -0.352 e. The van der Waals surface area contributed by atoms with Gasteiger partial charge in [0.05, 0.1) is 21.2 Å². The summed E-state index contributed by atoms with van der Waals surface area (Å²) in [6.45, 7) is 0.644. The normalized spacial score (nSPS) is 10.5. The Kier molecular flexibility index (Phi) is 6.94. The van der Waals surface area contributed by atoms with Gasteiger partial charge in [-0.05, 0) is 42.8 Å². The topological polar surface area (TPSA) is 49.4 Å². The number of halogens is 4. The van der Waals surface area contributed by atoms with Crippen LogP contribution < -0.4 is 5.32 Å². The Balaban J connectivity index is 1.83. The Morgan fingerprint density at radius 1 is 1.00 bits per heavy atom. The largest absolute Gasteiger partial charge is 0.352 e. The van der Waals surface area contributed by atoms with Crippen LogP contribution in [-0.4, -0.2) is 36.9 Å². The Bertz CT molecular complexity index is 831. The van der Waals surface area contributed by atoms with Gasteiger partial charge in [0.1, 0.15) is 11.6 Å². The molecular formula is C18H16Cl2F2N2O2. The molecule has 2 aromatic rings. The molecule has 0 spiro atoms. The van der Waals surface area contributed by atoms with E-state index in [9.17, 15) is 18.4 Å². The van der Waals surface area contributed by atoms with Crippen LogP contribution in [0, 0.1) is 11.6 Å². The zero-order chi connectivity index (χ0) is 19.3. The quantitative estimate of drug-likeness (QED) is 0.739. The maximum absolute atomic E-state index is 13.0. The highest BCUT2D eigenvalue weighted by Gasteiger charge is 2.16. The molecule has 2 aromatic carbocycles. The highest BCUT2D eigenvalue weighted by molar-refractivity contribution is 6.34. The summed E-state index contributed by atoms with van der Waals surface area (Å²) in [5.74, 6) is -1.81. The SMILES string of the molecule is CN(CCCNC(=O)c1ccc(F)cc1Cl)C(=O)c1ccc(F)cc1Cl. The lowest BCUT2D eigenvalue weighted by Crippen LogP contribution is -2.31. The molecule has 26 heavy (non-hydrogen) atoms. The first-order valence-corrected chi connectivity index (χ1v) is 8.49. The number of carbonyl (C=O) groups excluding carboxylic acids is 2. The van der Waals surface area contributed by atoms with E-state index >= 15 is 0 Å². The fraction of sp³-hybridized carbons (Fsp3) is 0.222. The summed E-state index contributed by atoms with van der Waals surface area (Å²) < 4.78 is 26.0. The molecule has 0 radical (unpaired) electrons. The predicted octanol–water partition coefficient (Wildman–Crippen LogP) is 4.16. The lowest BCUT2D eigenvalue weighted by Gasteiger charge is -2.18. The Labute approximate surface area is 159 Å². The van der Waals surface area contributed by atoms with Gasteiger partial charge in [0, 0.05) is 20.1 Å². The maximum Gasteiger partial charge on any atom is 0.255 e. The highest BCUT2D eigenvalue weighted by Crippen LogP contribution is 2.19. The van der Waals surface area contributed by atoms with Gasteiger partial charge in [0.25, 0.3) is 11.8 Å². The standard InChI is InChI=1S/C18H16Cl2F2N2O2/c1-24(18(26)14-6-4-12(22)10-16(14)20)8-2-7-23-17(25)13-5-3-11(21)9-15(13)19/h3-6,9-10H,2,7-8H2,1H3,(H,23,25). The van der Waals surface area contributed by atoms with E-state index in [1.807, 2.05) is 0 Å². The van der Waals surface area contributed by atoms with Gasteiger partial charge in [0.2, 0.25) is 0 Å². The van der Waals surface area contributed by atoms with Crippen molar-refractivity contribution in [1.82, 2.24) is 10.2 Å². The lowest BCUT2D eigenvalue weighted by molar-refractivity contribution is 0.0793. The molecule has 0 fully saturated rings. The van der Waals surface area contributed by atoms with Crippen LogP contribution in [0.3, 0.4) is 0 Å². The summed E-state index contributed by atoms with van der Waals surface area (Å²) in [6, 6.07) is 7.10. The molecule has 0 aliphatic heterocycles. The van der Waals surface area contributed by atoms with E-state index in [0.717, 1.165) is 18.2 Å². The van der Waals surface area contributed by atoms with Crippen LogP contribution in [0.25, 0.3) is 0 Å². The predicted molar refractivity (Wildman–Crippen MR) is 96.7 cm³/mol. The van der Waals surface area contributed by atoms with Crippen molar-refractivity contribution < 1.29 is 18.4 Å². The van der Waals surface area contributed by atoms with Crippen LogP contribution in [-0.2, 0) is 0 Å². The van der Waals surface area contributed by atoms with Gasteiger partial charge in [0.15, 0.2) is 0 Å². The van der Waals surface area contributed by atoms with Crippen LogP contribution in [0.15, 0.2) is 36.4 Å². The van der Waals surface area contributed by atoms with Crippen molar-refractivity contribution >= 4 is 35.0 Å². The number of benzene rings is 2. The third-order valence-corrected chi connectivity index (χ3v) is 4.27. The molecule has 0 saturated heterocycles. The summed E-state index contributed by atoms with van der Waals surface area (Å²) in [6.07, 6.45) is 0.478. The molecule has 0 saturated carbocycles. The number of nitrogens with one attached hydrogen (secondary N) is 1. The molecule has 2 rings (SSSR count). The fourth-order valence-electron chi connectivity index (χ4n) is 2.26. The first-order valence-electron chi connectivity index (χ1n) is 7.73. The molecule has 0 aromatic heterocycles. The second-order valence-corrected chi connectivity index (χ2v) is 6.40. The molecule has 0 unspecified atom stereocenters. The molecular weight excluding hydrogens is 385 g/mol. The Morgan fingerprint density at radius 2 is 1.54 bits per heavy atom. The molecule has 0 atom stereocenters. The zero-order valence-corrected chi connectivity index (χ0v) is 15.4. The highest BCUT2D eigenvalue weighted by atomic mass is 35.5. The van der Waals surface area contributed by atoms with Crippen molar-refractivity contribution in [2.75, 3.05) is 20.1 Å². The van der Waals surface area contributed by atoms with E-state index in [4.69, 9.17) is 23.2 Å². The number of amides is 2. The number of rotatable bonds is 6. The molecule has 138 valence electrons. The molecule has 0 heterocycles. The Morgan fingerprint density at radius 3 is 2.08 bits per heavy atom. The maximum atomic E-state index is 13.0. The average molecular weight is 401 g/mol. The van der Waals surface area contributed by atoms with E-state index in [2.05, 4.69) is 5.32 Å². The number of carbonyl (C=O) groups is 2. The van der Waals surface area contributed by atoms with Gasteiger partial charge in [-0.1, -0.05) is 23.2 Å². The van der Waals surface area contributed by atoms with Crippen molar-refractivity contribution in [3.05, 3.63) is 69.2 Å². The second kappa shape index (κ2) is 8.96. The van der Waals surface area contributed by atoms with Crippen LogP contribution in [0.5, 0.6) is 0 Å². The van der Waals surface area contributed by atoms with Crippen molar-refractivity contribution in [2.24, 2.45) is 0 Å². The molecule has 2 amide bonds. The zero-order valence-electron chi connectivity index (χ0n) is 13.9. The monoisotopic (exact) mass is 400 g/mol. The van der Waals surface area contributed by atoms with Crippen molar-refractivity contribution in [2.45, 2.75) is 6.42 Å². The van der Waals surface area contributed by atoms with Crippen LogP contribution in [0.2, 0.25) is 10.0 Å². The molecule has 8 heteroatoms. The van der Waals surface area contributed by atoms with Gasteiger partial charge in [-0.2, -0.15) is 0 Å². The van der Waals surface area contributed by atoms with Crippen molar-refractivity contribution in [1.29, 1.82) is 0 Å². The number of hydrogen-bond donors (Lipinski definition) is 1. The van der Waals surface area contributed by atoms with E-state index < -0.39 is 17.5 Å². The summed E-state index contributed by atoms with van der Waals surface area (Å²) in [4.78, 5) is 25.7. The van der Waals surface area contributed by atoms with Crippen LogP contribution in [0.1, 0.15) is 27.1 Å². The fourth-order valence-corrected chi connectivity index (χ4v) is 2.76. The Hall–Kier alpha value is -2.18. The van der Waals surface area contributed by atoms with Crippen molar-refractivity contribution in [3.63, 3.8) is 0 Å². The minimum absolute atomic E-state index is 0.0285. The summed E-state index contributed by atoms with van der Waals surface area (Å²) in [7, 11) is 1.58. The van der Waals surface area contributed by atoms with Gasteiger partial charge >= 0.3 is 0 Å². The van der Waals surface area contributed by atoms with Crippen molar-refractivity contribution in [3.8, 4) is 0 Å². The third-order valence-electron chi connectivity index (χ3n) is 3.64. The van der Waals surface area contributed by atoms with E-state index in [1.54, 1.807) is 7.05 Å². The summed E-state index contributed by atoms with van der Waals surface area (Å²) in [5, 5.41) is 2.72. The molecule has 4 nitrogen and oxygen atoms in total. The molecule has 1 N–H and O–H groups in total. The molecule has 0 bridgehead atoms. The summed E-state index contributed by atoms with van der Waals surface area (Å²) in [5.41, 5.74) is 0.383. The average Bonchev–Trinajstić information content (AvgIpc) is 2.57. The minimum atomic E-state index is -0.522. The van der Waals surface area contributed by atoms with Gasteiger partial charge in [-0.3, -0.25) is 9.59 Å². The van der Waals surface area contributed by atoms with Gasteiger partial charge in [-0.25, -0.2) is 8.78 Å². The summed E-state index contributed by atoms with van der Waals surface area (Å²) >= 11 is 11.7. The lowest BCUT2D eigenvalue weighted by atomic mass is 10.2. The smallest absolute Gasteiger partial charge is 0.255 e. The third kappa shape index (κ3) is 5.16. The number of hydrogen-bond acceptors (Lipinski definition) is 2. The first kappa shape index (κ1) is 20.1. The van der Waals surface area contributed by atoms with Crippen LogP contribution in [0.4, 0.5) is 8.78 Å². The van der Waals surface area contributed by atoms with E-state index in [0.29, 0.717) is 19.5 Å². The number of nitrogens with zero attached hydrogens (tertiary/aromatic N) is 1. The molecule has 0 aliphatic rings. The van der Waals surface area contributed by atoms with E-state index in [-0.39, 0.29) is 27.1 Å². The van der Waals surface area contributed by atoms with Gasteiger partial charge < -0.3 is 10.2 Å².